The highest BCUT2D eigenvalue weighted by molar-refractivity contribution is 7.11. The van der Waals surface area contributed by atoms with Gasteiger partial charge in [-0.15, -0.1) is 11.3 Å². The number of thiazole rings is 1. The van der Waals surface area contributed by atoms with Gasteiger partial charge in [0.1, 0.15) is 28.4 Å². The highest BCUT2D eigenvalue weighted by atomic mass is 32.1. The van der Waals surface area contributed by atoms with Crippen LogP contribution in [0.2, 0.25) is 0 Å². The molecule has 4 rings (SSSR count). The summed E-state index contributed by atoms with van der Waals surface area (Å²) >= 11 is 1.33. The molecule has 0 fully saturated rings. The molecule has 0 aliphatic carbocycles. The van der Waals surface area contributed by atoms with Gasteiger partial charge in [-0.3, -0.25) is 0 Å². The summed E-state index contributed by atoms with van der Waals surface area (Å²) < 4.78 is 24.0. The van der Waals surface area contributed by atoms with Crippen molar-refractivity contribution in [3.05, 3.63) is 88.2 Å². The van der Waals surface area contributed by atoms with Crippen molar-refractivity contribution in [2.24, 2.45) is 0 Å². The zero-order valence-electron chi connectivity index (χ0n) is 17.0. The number of benzene rings is 2. The largest absolute Gasteiger partial charge is 0.462 e. The lowest BCUT2D eigenvalue weighted by atomic mass is 10.1. The van der Waals surface area contributed by atoms with Gasteiger partial charge in [-0.1, -0.05) is 12.1 Å². The van der Waals surface area contributed by atoms with E-state index >= 15 is 0 Å². The second-order valence-corrected chi connectivity index (χ2v) is 7.57. The first-order valence-electron chi connectivity index (χ1n) is 9.78. The molecule has 0 N–H and O–H groups in total. The predicted octanol–water partition coefficient (Wildman–Crippen LogP) is 6.45. The fourth-order valence-corrected chi connectivity index (χ4v) is 3.80. The Labute approximate surface area is 188 Å². The number of carbonyl (C=O) groups excluding carboxylic acids is 1. The van der Waals surface area contributed by atoms with E-state index in [0.717, 1.165) is 11.1 Å². The lowest BCUT2D eigenvalue weighted by molar-refractivity contribution is 0.0526. The number of ether oxygens (including phenoxy) is 1. The van der Waals surface area contributed by atoms with E-state index in [1.54, 1.807) is 61.5 Å². The average Bonchev–Trinajstić information content (AvgIpc) is 3.48. The van der Waals surface area contributed by atoms with Gasteiger partial charge >= 0.3 is 5.97 Å². The zero-order valence-corrected chi connectivity index (χ0v) is 17.9. The smallest absolute Gasteiger partial charge is 0.338 e. The van der Waals surface area contributed by atoms with Crippen LogP contribution in [-0.2, 0) is 4.74 Å². The highest BCUT2D eigenvalue weighted by Crippen LogP contribution is 2.29. The number of carbonyl (C=O) groups is 1. The lowest BCUT2D eigenvalue weighted by Gasteiger charge is -2.02. The maximum absolute atomic E-state index is 13.1. The molecular weight excluding hydrogens is 427 g/mol. The van der Waals surface area contributed by atoms with Crippen molar-refractivity contribution in [2.75, 3.05) is 6.61 Å². The number of allylic oxidation sites excluding steroid dienone is 1. The van der Waals surface area contributed by atoms with Gasteiger partial charge in [-0.25, -0.2) is 14.2 Å². The molecule has 32 heavy (non-hydrogen) atoms. The van der Waals surface area contributed by atoms with Crippen LogP contribution in [0.3, 0.4) is 0 Å². The second kappa shape index (κ2) is 9.41. The molecular formula is C25H17FN2O3S. The molecule has 0 bridgehead atoms. The Bertz CT molecular complexity index is 1310. The Morgan fingerprint density at radius 2 is 1.84 bits per heavy atom. The summed E-state index contributed by atoms with van der Waals surface area (Å²) in [5, 5.41) is 12.0. The molecule has 0 unspecified atom stereocenters. The minimum Gasteiger partial charge on any atom is -0.462 e. The third kappa shape index (κ3) is 4.66. The molecule has 2 aromatic carbocycles. The number of hydrogen-bond donors (Lipinski definition) is 0. The topological polar surface area (TPSA) is 76.1 Å². The molecule has 0 saturated carbocycles. The Hall–Kier alpha value is -4.02. The molecule has 0 radical (unpaired) electrons. The zero-order chi connectivity index (χ0) is 22.5. The van der Waals surface area contributed by atoms with Crippen LogP contribution in [0.15, 0.2) is 70.5 Å². The molecule has 0 atom stereocenters. The summed E-state index contributed by atoms with van der Waals surface area (Å²) in [4.78, 5) is 16.3. The summed E-state index contributed by atoms with van der Waals surface area (Å²) in [6.45, 7) is 2.08. The number of nitrogens with zero attached hydrogens (tertiary/aromatic N) is 2. The maximum Gasteiger partial charge on any atom is 0.338 e. The number of aromatic nitrogens is 1. The van der Waals surface area contributed by atoms with Crippen LogP contribution in [0.1, 0.15) is 28.0 Å². The highest BCUT2D eigenvalue weighted by Gasteiger charge is 2.12. The van der Waals surface area contributed by atoms with Gasteiger partial charge in [-0.2, -0.15) is 5.26 Å². The first kappa shape index (κ1) is 21.2. The van der Waals surface area contributed by atoms with Crippen LogP contribution in [0.4, 0.5) is 4.39 Å². The van der Waals surface area contributed by atoms with E-state index in [-0.39, 0.29) is 11.8 Å². The predicted molar refractivity (Wildman–Crippen MR) is 121 cm³/mol. The minimum atomic E-state index is -0.371. The summed E-state index contributed by atoms with van der Waals surface area (Å²) in [5.74, 6) is 0.426. The molecule has 0 aliphatic heterocycles. The monoisotopic (exact) mass is 444 g/mol. The van der Waals surface area contributed by atoms with Crippen LogP contribution in [0.5, 0.6) is 0 Å². The van der Waals surface area contributed by atoms with E-state index < -0.39 is 0 Å². The third-order valence-corrected chi connectivity index (χ3v) is 5.46. The molecule has 0 spiro atoms. The van der Waals surface area contributed by atoms with Crippen molar-refractivity contribution >= 4 is 29.0 Å². The van der Waals surface area contributed by atoms with Crippen molar-refractivity contribution in [2.45, 2.75) is 6.92 Å². The van der Waals surface area contributed by atoms with Crippen LogP contribution >= 0.6 is 11.3 Å². The number of halogens is 1. The van der Waals surface area contributed by atoms with Crippen molar-refractivity contribution in [1.29, 1.82) is 5.26 Å². The number of furan rings is 1. The Kier molecular flexibility index (Phi) is 6.24. The van der Waals surface area contributed by atoms with E-state index in [2.05, 4.69) is 11.1 Å². The van der Waals surface area contributed by atoms with E-state index in [0.29, 0.717) is 40.0 Å². The number of rotatable bonds is 6. The van der Waals surface area contributed by atoms with Crippen LogP contribution in [0.25, 0.3) is 34.2 Å². The molecule has 4 aromatic rings. The van der Waals surface area contributed by atoms with E-state index in [4.69, 9.17) is 9.15 Å². The Balaban J connectivity index is 1.55. The van der Waals surface area contributed by atoms with Gasteiger partial charge in [0.15, 0.2) is 0 Å². The van der Waals surface area contributed by atoms with Crippen LogP contribution < -0.4 is 0 Å². The molecule has 2 aromatic heterocycles. The summed E-state index contributed by atoms with van der Waals surface area (Å²) in [6.07, 6.45) is 1.63. The standard InChI is InChI=1S/C25H17FN2O3S/c1-2-30-25(29)18-5-3-17(4-6-18)23-12-11-21(31-23)13-19(14-27)24-28-22(15-32-24)16-7-9-20(26)10-8-16/h3-13,15H,2H2,1H3/b19-13+. The lowest BCUT2D eigenvalue weighted by Crippen LogP contribution is -2.03. The van der Waals surface area contributed by atoms with Crippen LogP contribution in [-0.4, -0.2) is 17.6 Å². The molecule has 7 heteroatoms. The maximum atomic E-state index is 13.1. The molecule has 2 heterocycles. The molecule has 0 amide bonds. The summed E-state index contributed by atoms with van der Waals surface area (Å²) in [5.41, 5.74) is 3.08. The van der Waals surface area contributed by atoms with Crippen LogP contribution in [0, 0.1) is 17.1 Å². The number of hydrogen-bond acceptors (Lipinski definition) is 6. The van der Waals surface area contributed by atoms with Gasteiger partial charge < -0.3 is 9.15 Å². The first-order valence-corrected chi connectivity index (χ1v) is 10.7. The fourth-order valence-electron chi connectivity index (χ4n) is 3.01. The van der Waals surface area contributed by atoms with E-state index in [1.165, 1.54) is 23.5 Å². The van der Waals surface area contributed by atoms with Gasteiger partial charge in [-0.05, 0) is 55.5 Å². The van der Waals surface area contributed by atoms with E-state index in [1.807, 2.05) is 5.38 Å². The van der Waals surface area contributed by atoms with Crippen molar-refractivity contribution < 1.29 is 18.3 Å². The SMILES string of the molecule is CCOC(=O)c1ccc(-c2ccc(/C=C(\C#N)c3nc(-c4ccc(F)cc4)cs3)o2)cc1. The third-order valence-electron chi connectivity index (χ3n) is 4.59. The van der Waals surface area contributed by atoms with Gasteiger partial charge in [0.05, 0.1) is 23.4 Å². The Morgan fingerprint density at radius 3 is 2.53 bits per heavy atom. The van der Waals surface area contributed by atoms with Gasteiger partial charge in [0.25, 0.3) is 0 Å². The van der Waals surface area contributed by atoms with Gasteiger partial charge in [0.2, 0.25) is 0 Å². The molecule has 5 nitrogen and oxygen atoms in total. The van der Waals surface area contributed by atoms with Crippen molar-refractivity contribution in [3.63, 3.8) is 0 Å². The summed E-state index contributed by atoms with van der Waals surface area (Å²) in [7, 11) is 0. The number of nitriles is 1. The van der Waals surface area contributed by atoms with Crippen molar-refractivity contribution in [3.8, 4) is 28.7 Å². The number of esters is 1. The fraction of sp³-hybridized carbons (Fsp3) is 0.0800. The van der Waals surface area contributed by atoms with Gasteiger partial charge in [0, 0.05) is 22.6 Å². The summed E-state index contributed by atoms with van der Waals surface area (Å²) in [6, 6.07) is 18.7. The molecule has 158 valence electrons. The average molecular weight is 444 g/mol. The minimum absolute atomic E-state index is 0.314. The first-order chi connectivity index (χ1) is 15.6. The molecule has 0 aliphatic rings. The Morgan fingerprint density at radius 1 is 1.12 bits per heavy atom. The normalized spacial score (nSPS) is 11.2. The van der Waals surface area contributed by atoms with E-state index in [9.17, 15) is 14.4 Å². The second-order valence-electron chi connectivity index (χ2n) is 6.71. The molecule has 0 saturated heterocycles. The quantitative estimate of drug-likeness (QED) is 0.252. The van der Waals surface area contributed by atoms with Crippen molar-refractivity contribution in [1.82, 2.24) is 4.98 Å².